The van der Waals surface area contributed by atoms with Crippen LogP contribution in [0.5, 0.6) is 0 Å². The number of benzene rings is 1. The van der Waals surface area contributed by atoms with Crippen molar-refractivity contribution in [3.05, 3.63) is 46.2 Å². The maximum absolute atomic E-state index is 12.0. The Morgan fingerprint density at radius 1 is 1.25 bits per heavy atom. The van der Waals surface area contributed by atoms with Gasteiger partial charge in [0.25, 0.3) is 0 Å². The molecule has 0 fully saturated rings. The highest BCUT2D eigenvalue weighted by Crippen LogP contribution is 2.16. The van der Waals surface area contributed by atoms with Crippen molar-refractivity contribution in [2.45, 2.75) is 33.2 Å². The first-order valence-electron chi connectivity index (χ1n) is 7.04. The van der Waals surface area contributed by atoms with Crippen molar-refractivity contribution < 1.29 is 4.79 Å². The number of rotatable bonds is 5. The van der Waals surface area contributed by atoms with Crippen LogP contribution in [0.3, 0.4) is 0 Å². The lowest BCUT2D eigenvalue weighted by Crippen LogP contribution is -2.30. The summed E-state index contributed by atoms with van der Waals surface area (Å²) in [5.74, 6) is 0.138. The summed E-state index contributed by atoms with van der Waals surface area (Å²) in [6, 6.07) is 9.27. The maximum atomic E-state index is 12.0. The second-order valence-electron chi connectivity index (χ2n) is 4.86. The molecule has 1 aromatic heterocycles. The fourth-order valence-corrected chi connectivity index (χ4v) is 2.36. The predicted molar refractivity (Wildman–Crippen MR) is 80.6 cm³/mol. The summed E-state index contributed by atoms with van der Waals surface area (Å²) in [4.78, 5) is 28.4. The van der Waals surface area contributed by atoms with Crippen LogP contribution in [-0.2, 0) is 11.3 Å². The number of aromatic nitrogens is 1. The van der Waals surface area contributed by atoms with Crippen LogP contribution in [0.4, 0.5) is 0 Å². The van der Waals surface area contributed by atoms with Gasteiger partial charge in [0.2, 0.25) is 11.5 Å². The third kappa shape index (κ3) is 3.07. The summed E-state index contributed by atoms with van der Waals surface area (Å²) >= 11 is 0. The Bertz CT molecular complexity index is 661. The van der Waals surface area contributed by atoms with E-state index in [1.807, 2.05) is 38.1 Å². The maximum Gasteiger partial charge on any atom is 0.248 e. The minimum absolute atomic E-state index is 0.127. The Labute approximate surface area is 118 Å². The smallest absolute Gasteiger partial charge is 0.248 e. The molecule has 2 rings (SSSR count). The summed E-state index contributed by atoms with van der Waals surface area (Å²) in [6.45, 7) is 5.09. The monoisotopic (exact) mass is 272 g/mol. The van der Waals surface area contributed by atoms with Gasteiger partial charge in [-0.1, -0.05) is 25.1 Å². The number of nitrogens with zero attached hydrogens (tertiary/aromatic N) is 1. The lowest BCUT2D eigenvalue weighted by atomic mass is 10.1. The molecule has 0 aliphatic heterocycles. The van der Waals surface area contributed by atoms with Gasteiger partial charge in [0.15, 0.2) is 0 Å². The Hall–Kier alpha value is -2.10. The zero-order valence-electron chi connectivity index (χ0n) is 12.0. The van der Waals surface area contributed by atoms with E-state index >= 15 is 0 Å². The summed E-state index contributed by atoms with van der Waals surface area (Å²) in [5.41, 5.74) is 1.59. The van der Waals surface area contributed by atoms with E-state index in [0.717, 1.165) is 22.9 Å². The molecule has 20 heavy (non-hydrogen) atoms. The quantitative estimate of drug-likeness (QED) is 0.909. The molecule has 4 heteroatoms. The van der Waals surface area contributed by atoms with E-state index in [1.165, 1.54) is 0 Å². The third-order valence-electron chi connectivity index (χ3n) is 3.40. The minimum atomic E-state index is -0.127. The van der Waals surface area contributed by atoms with Gasteiger partial charge in [-0.15, -0.1) is 0 Å². The molecular weight excluding hydrogens is 252 g/mol. The third-order valence-corrected chi connectivity index (χ3v) is 3.40. The molecule has 106 valence electrons. The molecule has 0 aliphatic carbocycles. The Balaban J connectivity index is 2.37. The van der Waals surface area contributed by atoms with Crippen molar-refractivity contribution >= 4 is 16.8 Å². The molecule has 0 bridgehead atoms. The molecule has 2 aromatic rings. The largest absolute Gasteiger partial charge is 0.339 e. The van der Waals surface area contributed by atoms with E-state index in [2.05, 4.69) is 4.98 Å². The van der Waals surface area contributed by atoms with Gasteiger partial charge >= 0.3 is 0 Å². The molecule has 1 aromatic carbocycles. The van der Waals surface area contributed by atoms with E-state index in [0.29, 0.717) is 19.5 Å². The standard InChI is InChI=1S/C16H20N2O2/c1-3-7-16(20)18(4-2)11-12-10-15(19)17-14-9-6-5-8-13(12)14/h5-6,8-10H,3-4,7,11H2,1-2H3,(H,17,19). The number of carbonyl (C=O) groups is 1. The van der Waals surface area contributed by atoms with Crippen LogP contribution in [0, 0.1) is 0 Å². The SMILES string of the molecule is CCCC(=O)N(CC)Cc1cc(=O)[nH]c2ccccc12. The number of para-hydroxylation sites is 1. The van der Waals surface area contributed by atoms with E-state index < -0.39 is 0 Å². The molecular formula is C16H20N2O2. The predicted octanol–water partition coefficient (Wildman–Crippen LogP) is 2.68. The second kappa shape index (κ2) is 6.37. The highest BCUT2D eigenvalue weighted by atomic mass is 16.2. The van der Waals surface area contributed by atoms with Gasteiger partial charge in [0, 0.05) is 36.5 Å². The zero-order valence-corrected chi connectivity index (χ0v) is 12.0. The number of aromatic amines is 1. The average Bonchev–Trinajstić information content (AvgIpc) is 2.44. The van der Waals surface area contributed by atoms with Crippen LogP contribution in [0.2, 0.25) is 0 Å². The number of hydrogen-bond acceptors (Lipinski definition) is 2. The van der Waals surface area contributed by atoms with Crippen molar-refractivity contribution in [2.75, 3.05) is 6.54 Å². The van der Waals surface area contributed by atoms with Crippen molar-refractivity contribution in [3.63, 3.8) is 0 Å². The summed E-state index contributed by atoms with van der Waals surface area (Å²) < 4.78 is 0. The molecule has 0 saturated carbocycles. The van der Waals surface area contributed by atoms with Crippen molar-refractivity contribution in [1.82, 2.24) is 9.88 Å². The van der Waals surface area contributed by atoms with E-state index in [-0.39, 0.29) is 11.5 Å². The lowest BCUT2D eigenvalue weighted by Gasteiger charge is -2.21. The number of nitrogens with one attached hydrogen (secondary N) is 1. The first-order chi connectivity index (χ1) is 9.65. The molecule has 0 atom stereocenters. The Morgan fingerprint density at radius 3 is 2.70 bits per heavy atom. The topological polar surface area (TPSA) is 53.2 Å². The van der Waals surface area contributed by atoms with Crippen LogP contribution < -0.4 is 5.56 Å². The van der Waals surface area contributed by atoms with Gasteiger partial charge in [-0.25, -0.2) is 0 Å². The fraction of sp³-hybridized carbons (Fsp3) is 0.375. The molecule has 0 spiro atoms. The van der Waals surface area contributed by atoms with Gasteiger partial charge in [0.1, 0.15) is 0 Å². The normalized spacial score (nSPS) is 10.7. The lowest BCUT2D eigenvalue weighted by molar-refractivity contribution is -0.131. The second-order valence-corrected chi connectivity index (χ2v) is 4.86. The highest BCUT2D eigenvalue weighted by molar-refractivity contribution is 5.82. The van der Waals surface area contributed by atoms with Crippen LogP contribution in [-0.4, -0.2) is 22.3 Å². The van der Waals surface area contributed by atoms with Crippen LogP contribution in [0.25, 0.3) is 10.9 Å². The van der Waals surface area contributed by atoms with Crippen molar-refractivity contribution in [1.29, 1.82) is 0 Å². The van der Waals surface area contributed by atoms with Gasteiger partial charge in [-0.05, 0) is 25.0 Å². The molecule has 1 N–H and O–H groups in total. The minimum Gasteiger partial charge on any atom is -0.339 e. The fourth-order valence-electron chi connectivity index (χ4n) is 2.36. The average molecular weight is 272 g/mol. The summed E-state index contributed by atoms with van der Waals surface area (Å²) in [7, 11) is 0. The van der Waals surface area contributed by atoms with Crippen LogP contribution >= 0.6 is 0 Å². The summed E-state index contributed by atoms with van der Waals surface area (Å²) in [6.07, 6.45) is 1.39. The van der Waals surface area contributed by atoms with Crippen LogP contribution in [0.1, 0.15) is 32.3 Å². The first kappa shape index (κ1) is 14.3. The number of fused-ring (bicyclic) bond motifs is 1. The zero-order chi connectivity index (χ0) is 14.5. The van der Waals surface area contributed by atoms with E-state index in [1.54, 1.807) is 11.0 Å². The number of amides is 1. The number of pyridine rings is 1. The van der Waals surface area contributed by atoms with Crippen molar-refractivity contribution in [3.8, 4) is 0 Å². The number of hydrogen-bond donors (Lipinski definition) is 1. The molecule has 0 saturated heterocycles. The van der Waals surface area contributed by atoms with E-state index in [9.17, 15) is 9.59 Å². The summed E-state index contributed by atoms with van der Waals surface area (Å²) in [5, 5.41) is 0.995. The van der Waals surface area contributed by atoms with Gasteiger partial charge < -0.3 is 9.88 Å². The molecule has 1 amide bonds. The van der Waals surface area contributed by atoms with Gasteiger partial charge in [-0.2, -0.15) is 0 Å². The number of carbonyl (C=O) groups excluding carboxylic acids is 1. The van der Waals surface area contributed by atoms with E-state index in [4.69, 9.17) is 0 Å². The van der Waals surface area contributed by atoms with Crippen LogP contribution in [0.15, 0.2) is 35.1 Å². The molecule has 1 heterocycles. The molecule has 0 aliphatic rings. The Morgan fingerprint density at radius 2 is 2.00 bits per heavy atom. The highest BCUT2D eigenvalue weighted by Gasteiger charge is 2.13. The van der Waals surface area contributed by atoms with Crippen molar-refractivity contribution in [2.24, 2.45) is 0 Å². The van der Waals surface area contributed by atoms with Gasteiger partial charge in [0.05, 0.1) is 0 Å². The number of H-pyrrole nitrogens is 1. The molecule has 0 radical (unpaired) electrons. The Kier molecular flexibility index (Phi) is 4.56. The molecule has 4 nitrogen and oxygen atoms in total. The molecule has 0 unspecified atom stereocenters. The van der Waals surface area contributed by atoms with Gasteiger partial charge in [-0.3, -0.25) is 9.59 Å². The first-order valence-corrected chi connectivity index (χ1v) is 7.04.